The van der Waals surface area contributed by atoms with Gasteiger partial charge in [-0.15, -0.1) is 23.2 Å². The highest BCUT2D eigenvalue weighted by atomic mass is 35.5. The third kappa shape index (κ3) is 2.54. The number of carbonyl (C=O) groups is 1. The molecule has 0 aromatic heterocycles. The molecule has 1 aliphatic rings. The molecule has 2 aromatic rings. The molecule has 1 N–H and O–H groups in total. The molecule has 0 saturated heterocycles. The first-order valence-electron chi connectivity index (χ1n) is 6.78. The first-order valence-corrected chi connectivity index (χ1v) is 7.53. The summed E-state index contributed by atoms with van der Waals surface area (Å²) >= 11 is 12.1. The Kier molecular flexibility index (Phi) is 3.46. The van der Waals surface area contributed by atoms with E-state index >= 15 is 0 Å². The van der Waals surface area contributed by atoms with Crippen LogP contribution in [-0.2, 0) is 4.79 Å². The van der Waals surface area contributed by atoms with Crippen LogP contribution in [0.3, 0.4) is 0 Å². The highest BCUT2D eigenvalue weighted by Gasteiger charge is 2.67. The lowest BCUT2D eigenvalue weighted by Crippen LogP contribution is -2.26. The van der Waals surface area contributed by atoms with E-state index in [1.165, 1.54) is 0 Å². The lowest BCUT2D eigenvalue weighted by molar-refractivity contribution is -0.120. The monoisotopic (exact) mass is 319 g/mol. The quantitative estimate of drug-likeness (QED) is 0.803. The van der Waals surface area contributed by atoms with E-state index < -0.39 is 9.75 Å². The van der Waals surface area contributed by atoms with Gasteiger partial charge in [0.2, 0.25) is 5.91 Å². The third-order valence-corrected chi connectivity index (χ3v) is 5.12. The Bertz CT molecular complexity index is 684. The van der Waals surface area contributed by atoms with Gasteiger partial charge >= 0.3 is 0 Å². The molecule has 1 atom stereocenters. The maximum atomic E-state index is 12.4. The number of benzene rings is 2. The molecule has 21 heavy (non-hydrogen) atoms. The lowest BCUT2D eigenvalue weighted by Gasteiger charge is -2.15. The van der Waals surface area contributed by atoms with Crippen LogP contribution in [-0.4, -0.2) is 10.2 Å². The van der Waals surface area contributed by atoms with E-state index in [0.29, 0.717) is 6.42 Å². The molecule has 0 aliphatic heterocycles. The molecule has 1 unspecified atom stereocenters. The molecule has 0 radical (unpaired) electrons. The van der Waals surface area contributed by atoms with Gasteiger partial charge in [0.05, 0.1) is 5.41 Å². The van der Waals surface area contributed by atoms with Gasteiger partial charge in [-0.1, -0.05) is 48.5 Å². The molecule has 0 spiro atoms. The Hall–Kier alpha value is -1.51. The molecule has 1 fully saturated rings. The summed E-state index contributed by atoms with van der Waals surface area (Å²) in [5.41, 5.74) is 2.08. The van der Waals surface area contributed by atoms with Gasteiger partial charge in [0.25, 0.3) is 0 Å². The molecule has 2 nitrogen and oxygen atoms in total. The van der Waals surface area contributed by atoms with Crippen molar-refractivity contribution in [2.24, 2.45) is 5.41 Å². The summed E-state index contributed by atoms with van der Waals surface area (Å²) in [4.78, 5) is 12.4. The third-order valence-electron chi connectivity index (χ3n) is 4.02. The first kappa shape index (κ1) is 14.4. The van der Waals surface area contributed by atoms with Gasteiger partial charge in [0.1, 0.15) is 4.33 Å². The second-order valence-electron chi connectivity index (χ2n) is 5.58. The van der Waals surface area contributed by atoms with Crippen molar-refractivity contribution in [2.75, 3.05) is 5.32 Å². The highest BCUT2D eigenvalue weighted by Crippen LogP contribution is 2.64. The number of carbonyl (C=O) groups excluding carboxylic acids is 1. The van der Waals surface area contributed by atoms with Crippen LogP contribution in [0.5, 0.6) is 0 Å². The Balaban J connectivity index is 1.89. The number of halogens is 2. The van der Waals surface area contributed by atoms with Crippen LogP contribution < -0.4 is 5.32 Å². The van der Waals surface area contributed by atoms with Gasteiger partial charge in [-0.25, -0.2) is 0 Å². The summed E-state index contributed by atoms with van der Waals surface area (Å²) in [6.45, 7) is 1.79. The lowest BCUT2D eigenvalue weighted by atomic mass is 10.0. The van der Waals surface area contributed by atoms with E-state index in [1.54, 1.807) is 6.92 Å². The van der Waals surface area contributed by atoms with Crippen molar-refractivity contribution < 1.29 is 4.79 Å². The normalized spacial score (nSPS) is 22.6. The van der Waals surface area contributed by atoms with Crippen molar-refractivity contribution in [2.45, 2.75) is 17.7 Å². The van der Waals surface area contributed by atoms with Crippen molar-refractivity contribution in [1.29, 1.82) is 0 Å². The Morgan fingerprint density at radius 1 is 1.05 bits per heavy atom. The van der Waals surface area contributed by atoms with Crippen LogP contribution >= 0.6 is 23.2 Å². The molecule has 1 aliphatic carbocycles. The topological polar surface area (TPSA) is 29.1 Å². The molecule has 0 bridgehead atoms. The van der Waals surface area contributed by atoms with Crippen molar-refractivity contribution >= 4 is 34.8 Å². The predicted molar refractivity (Wildman–Crippen MR) is 87.7 cm³/mol. The van der Waals surface area contributed by atoms with Crippen molar-refractivity contribution in [3.05, 3.63) is 54.6 Å². The number of hydrogen-bond acceptors (Lipinski definition) is 1. The summed E-state index contributed by atoms with van der Waals surface area (Å²) in [7, 11) is 0. The Labute approximate surface area is 134 Å². The summed E-state index contributed by atoms with van der Waals surface area (Å²) < 4.78 is -0.960. The number of para-hydroxylation sites is 1. The molecule has 1 amide bonds. The van der Waals surface area contributed by atoms with Gasteiger partial charge in [0, 0.05) is 11.3 Å². The summed E-state index contributed by atoms with van der Waals surface area (Å²) in [5, 5.41) is 2.96. The largest absolute Gasteiger partial charge is 0.325 e. The molecule has 4 heteroatoms. The summed E-state index contributed by atoms with van der Waals surface area (Å²) in [6, 6.07) is 17.6. The second-order valence-corrected chi connectivity index (χ2v) is 7.06. The molecule has 2 aromatic carbocycles. The minimum Gasteiger partial charge on any atom is -0.325 e. The van der Waals surface area contributed by atoms with Crippen LogP contribution in [0.15, 0.2) is 54.6 Å². The van der Waals surface area contributed by atoms with Crippen molar-refractivity contribution in [3.8, 4) is 11.1 Å². The van der Waals surface area contributed by atoms with E-state index in [9.17, 15) is 4.79 Å². The molecular weight excluding hydrogens is 305 g/mol. The maximum Gasteiger partial charge on any atom is 0.233 e. The Morgan fingerprint density at radius 2 is 1.62 bits per heavy atom. The standard InChI is InChI=1S/C17H15Cl2NO/c1-16(11-17(16,18)19)15(21)20-14-10-6-5-9-13(14)12-7-3-2-4-8-12/h2-10H,11H2,1H3,(H,20,21). The zero-order valence-electron chi connectivity index (χ0n) is 11.6. The molecular formula is C17H15Cl2NO. The minimum atomic E-state index is -0.960. The fourth-order valence-corrected chi connectivity index (χ4v) is 3.07. The van der Waals surface area contributed by atoms with Gasteiger partial charge in [-0.3, -0.25) is 4.79 Å². The maximum absolute atomic E-state index is 12.4. The van der Waals surface area contributed by atoms with Crippen molar-refractivity contribution in [1.82, 2.24) is 0 Å². The number of anilines is 1. The first-order chi connectivity index (χ1) is 9.94. The Morgan fingerprint density at radius 3 is 2.24 bits per heavy atom. The molecule has 108 valence electrons. The number of alkyl halides is 2. The van der Waals surface area contributed by atoms with Crippen LogP contribution in [0.1, 0.15) is 13.3 Å². The fourth-order valence-electron chi connectivity index (χ4n) is 2.37. The molecule has 0 heterocycles. The highest BCUT2D eigenvalue weighted by molar-refractivity contribution is 6.53. The fraction of sp³-hybridized carbons (Fsp3) is 0.235. The van der Waals surface area contributed by atoms with E-state index in [1.807, 2.05) is 54.6 Å². The smallest absolute Gasteiger partial charge is 0.233 e. The van der Waals surface area contributed by atoms with Crippen LogP contribution in [0, 0.1) is 5.41 Å². The van der Waals surface area contributed by atoms with Crippen LogP contribution in [0.4, 0.5) is 5.69 Å². The predicted octanol–water partition coefficient (Wildman–Crippen LogP) is 4.88. The van der Waals surface area contributed by atoms with Gasteiger partial charge < -0.3 is 5.32 Å². The number of amides is 1. The number of nitrogens with one attached hydrogen (secondary N) is 1. The van der Waals surface area contributed by atoms with E-state index in [0.717, 1.165) is 16.8 Å². The number of rotatable bonds is 3. The van der Waals surface area contributed by atoms with Gasteiger partial charge in [-0.05, 0) is 25.0 Å². The zero-order chi connectivity index (χ0) is 15.1. The average Bonchev–Trinajstić information content (AvgIpc) is 3.00. The SMILES string of the molecule is CC1(C(=O)Nc2ccccc2-c2ccccc2)CC1(Cl)Cl. The van der Waals surface area contributed by atoms with E-state index in [-0.39, 0.29) is 5.91 Å². The summed E-state index contributed by atoms with van der Waals surface area (Å²) in [6.07, 6.45) is 0.475. The second kappa shape index (κ2) is 5.04. The molecule has 3 rings (SSSR count). The minimum absolute atomic E-state index is 0.143. The van der Waals surface area contributed by atoms with E-state index in [2.05, 4.69) is 5.32 Å². The van der Waals surface area contributed by atoms with Gasteiger partial charge in [0.15, 0.2) is 0 Å². The van der Waals surface area contributed by atoms with Crippen LogP contribution in [0.25, 0.3) is 11.1 Å². The molecule has 1 saturated carbocycles. The average molecular weight is 320 g/mol. The zero-order valence-corrected chi connectivity index (χ0v) is 13.1. The number of hydrogen-bond donors (Lipinski definition) is 1. The van der Waals surface area contributed by atoms with Gasteiger partial charge in [-0.2, -0.15) is 0 Å². The summed E-state index contributed by atoms with van der Waals surface area (Å²) in [5.74, 6) is -0.143. The van der Waals surface area contributed by atoms with Crippen LogP contribution in [0.2, 0.25) is 0 Å². The van der Waals surface area contributed by atoms with Crippen molar-refractivity contribution in [3.63, 3.8) is 0 Å². The van der Waals surface area contributed by atoms with E-state index in [4.69, 9.17) is 23.2 Å².